The molecular formula is C35H46N4O9. The van der Waals surface area contributed by atoms with Gasteiger partial charge in [0.25, 0.3) is 0 Å². The summed E-state index contributed by atoms with van der Waals surface area (Å²) in [7, 11) is 4.37. The zero-order valence-electron chi connectivity index (χ0n) is 27.4. The van der Waals surface area contributed by atoms with Crippen molar-refractivity contribution in [1.29, 1.82) is 0 Å². The van der Waals surface area contributed by atoms with Crippen LogP contribution < -0.4 is 5.32 Å². The summed E-state index contributed by atoms with van der Waals surface area (Å²) < 4.78 is 0. The molecule has 2 aliphatic rings. The molecule has 2 aromatic carbocycles. The van der Waals surface area contributed by atoms with Gasteiger partial charge in [0.05, 0.1) is 12.8 Å². The highest BCUT2D eigenvalue weighted by molar-refractivity contribution is 5.88. The average Bonchev–Trinajstić information content (AvgIpc) is 3.48. The lowest BCUT2D eigenvalue weighted by molar-refractivity contribution is -0.170. The van der Waals surface area contributed by atoms with E-state index in [4.69, 9.17) is 25.3 Å². The summed E-state index contributed by atoms with van der Waals surface area (Å²) >= 11 is 0. The van der Waals surface area contributed by atoms with E-state index < -0.39 is 36.4 Å². The fourth-order valence-electron chi connectivity index (χ4n) is 6.88. The molecule has 0 unspecified atom stereocenters. The standard InChI is InChI=1S/C29H38N4O2.C6H8O7/c1-32(2)29(24-8-4-3-5-9-24)16-12-22(13-17-29)20-31-28(34)35-33-18-14-23(15-19-33)26-21-30-27-11-7-6-10-25(26)27;7-3(8)1-6(13,5(11)12)2-4(9)10/h3-11,21-23,30H,12-20H2,1-2H3,(H,31,34);13H,1-2H2,(H,7,8)(H,9,10)(H,11,12). The van der Waals surface area contributed by atoms with Gasteiger partial charge in [-0.2, -0.15) is 0 Å². The highest BCUT2D eigenvalue weighted by atomic mass is 16.7. The Morgan fingerprint density at radius 3 is 2.06 bits per heavy atom. The van der Waals surface area contributed by atoms with Crippen LogP contribution in [0.1, 0.15) is 68.4 Å². The molecule has 0 bridgehead atoms. The van der Waals surface area contributed by atoms with E-state index in [9.17, 15) is 19.2 Å². The molecule has 13 heteroatoms. The van der Waals surface area contributed by atoms with Crippen molar-refractivity contribution < 1.29 is 44.4 Å². The summed E-state index contributed by atoms with van der Waals surface area (Å²) in [4.78, 5) is 54.4. The molecule has 260 valence electrons. The number of rotatable bonds is 11. The number of para-hydroxylation sites is 1. The maximum absolute atomic E-state index is 12.5. The number of piperidine rings is 1. The number of nitrogens with one attached hydrogen (secondary N) is 2. The number of aromatic nitrogens is 1. The van der Waals surface area contributed by atoms with E-state index in [1.807, 2.05) is 5.06 Å². The molecule has 1 aliphatic heterocycles. The Morgan fingerprint density at radius 1 is 0.917 bits per heavy atom. The molecule has 1 amide bonds. The number of hydrogen-bond donors (Lipinski definition) is 6. The summed E-state index contributed by atoms with van der Waals surface area (Å²) in [5, 5.41) is 40.0. The van der Waals surface area contributed by atoms with E-state index in [2.05, 4.69) is 90.1 Å². The van der Waals surface area contributed by atoms with Gasteiger partial charge in [-0.25, -0.2) is 9.59 Å². The second-order valence-corrected chi connectivity index (χ2v) is 13.0. The molecule has 48 heavy (non-hydrogen) atoms. The van der Waals surface area contributed by atoms with Crippen LogP contribution in [-0.4, -0.2) is 98.7 Å². The van der Waals surface area contributed by atoms with Gasteiger partial charge in [-0.1, -0.05) is 48.5 Å². The summed E-state index contributed by atoms with van der Waals surface area (Å²) in [6.07, 6.45) is 5.93. The Balaban J connectivity index is 0.000000341. The Hall–Kier alpha value is -4.46. The van der Waals surface area contributed by atoms with Crippen LogP contribution in [0.25, 0.3) is 10.9 Å². The second-order valence-electron chi connectivity index (χ2n) is 13.0. The molecule has 3 aromatic rings. The van der Waals surface area contributed by atoms with Crippen molar-refractivity contribution in [2.75, 3.05) is 33.7 Å². The number of fused-ring (bicyclic) bond motifs is 1. The second kappa shape index (κ2) is 16.1. The summed E-state index contributed by atoms with van der Waals surface area (Å²) in [6.45, 7) is 2.22. The number of carbonyl (C=O) groups is 4. The van der Waals surface area contributed by atoms with Crippen molar-refractivity contribution in [1.82, 2.24) is 20.3 Å². The molecule has 0 spiro atoms. The van der Waals surface area contributed by atoms with E-state index in [1.165, 1.54) is 22.0 Å². The zero-order chi connectivity index (χ0) is 34.9. The van der Waals surface area contributed by atoms with Gasteiger partial charge >= 0.3 is 24.0 Å². The van der Waals surface area contributed by atoms with Crippen LogP contribution in [0.4, 0.5) is 4.79 Å². The summed E-state index contributed by atoms with van der Waals surface area (Å²) in [6, 6.07) is 19.3. The Bertz CT molecular complexity index is 1530. The van der Waals surface area contributed by atoms with Crippen LogP contribution in [0, 0.1) is 5.92 Å². The number of carboxylic acids is 3. The fourth-order valence-corrected chi connectivity index (χ4v) is 6.88. The van der Waals surface area contributed by atoms with Crippen LogP contribution in [0.2, 0.25) is 0 Å². The average molecular weight is 667 g/mol. The topological polar surface area (TPSA) is 193 Å². The molecule has 0 radical (unpaired) electrons. The molecule has 1 aromatic heterocycles. The lowest BCUT2D eigenvalue weighted by Crippen LogP contribution is -2.46. The minimum Gasteiger partial charge on any atom is -0.481 e. The van der Waals surface area contributed by atoms with Gasteiger partial charge in [-0.05, 0) is 81.6 Å². The molecular weight excluding hydrogens is 620 g/mol. The number of amides is 1. The first-order valence-corrected chi connectivity index (χ1v) is 16.2. The van der Waals surface area contributed by atoms with Gasteiger partial charge in [0.2, 0.25) is 0 Å². The third kappa shape index (κ3) is 9.12. The largest absolute Gasteiger partial charge is 0.481 e. The molecule has 1 saturated heterocycles. The van der Waals surface area contributed by atoms with Crippen LogP contribution in [0.15, 0.2) is 60.8 Å². The lowest BCUT2D eigenvalue weighted by atomic mass is 9.72. The number of H-pyrrole nitrogens is 1. The smallest absolute Gasteiger partial charge is 0.426 e. The lowest BCUT2D eigenvalue weighted by Gasteiger charge is -2.45. The molecule has 6 N–H and O–H groups in total. The Labute approximate surface area is 279 Å². The number of carbonyl (C=O) groups excluding carboxylic acids is 1. The predicted octanol–water partition coefficient (Wildman–Crippen LogP) is 4.39. The van der Waals surface area contributed by atoms with Gasteiger partial charge in [0.1, 0.15) is 0 Å². The third-order valence-electron chi connectivity index (χ3n) is 9.65. The zero-order valence-corrected chi connectivity index (χ0v) is 27.4. The predicted molar refractivity (Wildman–Crippen MR) is 177 cm³/mol. The van der Waals surface area contributed by atoms with Crippen molar-refractivity contribution in [3.63, 3.8) is 0 Å². The van der Waals surface area contributed by atoms with Crippen LogP contribution in [0.5, 0.6) is 0 Å². The highest BCUT2D eigenvalue weighted by Crippen LogP contribution is 2.43. The van der Waals surface area contributed by atoms with Gasteiger partial charge in [-0.3, -0.25) is 14.5 Å². The van der Waals surface area contributed by atoms with E-state index >= 15 is 0 Å². The van der Waals surface area contributed by atoms with E-state index in [0.29, 0.717) is 18.4 Å². The van der Waals surface area contributed by atoms with E-state index in [1.54, 1.807) is 0 Å². The van der Waals surface area contributed by atoms with Crippen molar-refractivity contribution in [3.05, 3.63) is 71.9 Å². The third-order valence-corrected chi connectivity index (χ3v) is 9.65. The van der Waals surface area contributed by atoms with Crippen molar-refractivity contribution in [3.8, 4) is 0 Å². The number of aliphatic hydroxyl groups is 1. The molecule has 0 atom stereocenters. The van der Waals surface area contributed by atoms with Gasteiger partial charge < -0.3 is 35.6 Å². The Morgan fingerprint density at radius 2 is 1.50 bits per heavy atom. The van der Waals surface area contributed by atoms with Crippen molar-refractivity contribution in [2.24, 2.45) is 5.92 Å². The van der Waals surface area contributed by atoms with Gasteiger partial charge in [0.15, 0.2) is 5.60 Å². The monoisotopic (exact) mass is 666 g/mol. The SMILES string of the molecule is CN(C)C1(c2ccccc2)CCC(CNC(=O)ON2CCC(c3c[nH]c4ccccc34)CC2)CC1.O=C(O)CC(O)(CC(=O)O)C(=O)O. The minimum absolute atomic E-state index is 0.0907. The molecule has 2 fully saturated rings. The van der Waals surface area contributed by atoms with Crippen LogP contribution in [-0.2, 0) is 24.8 Å². The number of aromatic amines is 1. The first-order chi connectivity index (χ1) is 22.8. The number of carboxylic acid groups (broad SMARTS) is 3. The maximum atomic E-state index is 12.5. The number of benzene rings is 2. The maximum Gasteiger partial charge on any atom is 0.426 e. The van der Waals surface area contributed by atoms with Crippen molar-refractivity contribution >= 4 is 34.9 Å². The van der Waals surface area contributed by atoms with Gasteiger partial charge in [-0.15, -0.1) is 5.06 Å². The summed E-state index contributed by atoms with van der Waals surface area (Å²) in [5.74, 6) is -4.03. The molecule has 1 aliphatic carbocycles. The summed E-state index contributed by atoms with van der Waals surface area (Å²) in [5.41, 5.74) is 1.32. The quantitative estimate of drug-likeness (QED) is 0.170. The fraction of sp³-hybridized carbons (Fsp3) is 0.486. The molecule has 2 heterocycles. The number of hydroxylamine groups is 2. The van der Waals surface area contributed by atoms with Crippen LogP contribution in [0.3, 0.4) is 0 Å². The minimum atomic E-state index is -2.74. The number of hydrogen-bond acceptors (Lipinski definition) is 8. The van der Waals surface area contributed by atoms with E-state index in [-0.39, 0.29) is 11.6 Å². The van der Waals surface area contributed by atoms with E-state index in [0.717, 1.165) is 51.6 Å². The van der Waals surface area contributed by atoms with Crippen molar-refractivity contribution in [2.45, 2.75) is 68.4 Å². The van der Waals surface area contributed by atoms with Gasteiger partial charge in [0, 0.05) is 42.3 Å². The number of nitrogens with zero attached hydrogens (tertiary/aromatic N) is 2. The molecule has 13 nitrogen and oxygen atoms in total. The first-order valence-electron chi connectivity index (χ1n) is 16.2. The number of aliphatic carboxylic acids is 3. The van der Waals surface area contributed by atoms with Crippen LogP contribution >= 0.6 is 0 Å². The Kier molecular flexibility index (Phi) is 12.2. The first kappa shape index (κ1) is 36.4. The molecule has 5 rings (SSSR count). The normalized spacial score (nSPS) is 20.5. The highest BCUT2D eigenvalue weighted by Gasteiger charge is 2.41. The molecule has 1 saturated carbocycles.